The molecule has 3 aromatic rings. The van der Waals surface area contributed by atoms with Gasteiger partial charge in [0.05, 0.1) is 23.4 Å². The number of carbonyl (C=O) groups excluding carboxylic acids is 1. The number of hydrogen-bond acceptors (Lipinski definition) is 4. The first-order valence-electron chi connectivity index (χ1n) is 8.28. The summed E-state index contributed by atoms with van der Waals surface area (Å²) >= 11 is 0. The van der Waals surface area contributed by atoms with Crippen molar-refractivity contribution < 1.29 is 9.90 Å². The van der Waals surface area contributed by atoms with E-state index in [0.29, 0.717) is 12.0 Å². The molecule has 2 aromatic heterocycles. The van der Waals surface area contributed by atoms with Gasteiger partial charge < -0.3 is 10.4 Å². The van der Waals surface area contributed by atoms with E-state index in [4.69, 9.17) is 0 Å². The smallest absolute Gasteiger partial charge is 0.253 e. The Bertz CT molecular complexity index is 889. The zero-order valence-electron chi connectivity index (χ0n) is 14.6. The average molecular weight is 338 g/mol. The lowest BCUT2D eigenvalue weighted by Crippen LogP contribution is -2.42. The molecular formula is C19H22N4O2. The number of hydrogen-bond donors (Lipinski definition) is 2. The highest BCUT2D eigenvalue weighted by molar-refractivity contribution is 5.97. The van der Waals surface area contributed by atoms with E-state index in [9.17, 15) is 9.90 Å². The molecular weight excluding hydrogens is 316 g/mol. The van der Waals surface area contributed by atoms with E-state index in [1.54, 1.807) is 17.7 Å². The number of pyridine rings is 1. The van der Waals surface area contributed by atoms with Crippen LogP contribution in [0.1, 0.15) is 28.5 Å². The molecule has 0 saturated carbocycles. The van der Waals surface area contributed by atoms with Gasteiger partial charge in [-0.05, 0) is 25.5 Å². The van der Waals surface area contributed by atoms with E-state index in [1.807, 2.05) is 44.3 Å². The summed E-state index contributed by atoms with van der Waals surface area (Å²) in [5.41, 5.74) is 3.07. The molecule has 2 heterocycles. The minimum absolute atomic E-state index is 0.253. The lowest BCUT2D eigenvalue weighted by molar-refractivity contribution is 0.0851. The summed E-state index contributed by atoms with van der Waals surface area (Å²) in [6.45, 7) is 3.69. The van der Waals surface area contributed by atoms with Crippen LogP contribution in [0.25, 0.3) is 11.0 Å². The topological polar surface area (TPSA) is 80.0 Å². The molecule has 2 N–H and O–H groups in total. The summed E-state index contributed by atoms with van der Waals surface area (Å²) in [6.07, 6.45) is 1.36. The molecule has 1 amide bonds. The van der Waals surface area contributed by atoms with Gasteiger partial charge in [-0.15, -0.1) is 0 Å². The van der Waals surface area contributed by atoms with Crippen LogP contribution in [0.3, 0.4) is 0 Å². The average Bonchev–Trinajstić information content (AvgIpc) is 2.89. The van der Waals surface area contributed by atoms with Crippen molar-refractivity contribution in [2.75, 3.05) is 0 Å². The molecule has 0 aliphatic rings. The number of benzene rings is 1. The monoisotopic (exact) mass is 338 g/mol. The first kappa shape index (κ1) is 17.1. The van der Waals surface area contributed by atoms with E-state index in [2.05, 4.69) is 15.4 Å². The Morgan fingerprint density at radius 2 is 2.04 bits per heavy atom. The molecule has 0 fully saturated rings. The maximum Gasteiger partial charge on any atom is 0.253 e. The number of rotatable bonds is 5. The van der Waals surface area contributed by atoms with Gasteiger partial charge in [-0.3, -0.25) is 9.48 Å². The van der Waals surface area contributed by atoms with Crippen molar-refractivity contribution in [1.29, 1.82) is 0 Å². The predicted octanol–water partition coefficient (Wildman–Crippen LogP) is 2.00. The molecule has 25 heavy (non-hydrogen) atoms. The van der Waals surface area contributed by atoms with E-state index in [0.717, 1.165) is 22.3 Å². The van der Waals surface area contributed by atoms with Crippen molar-refractivity contribution in [3.63, 3.8) is 0 Å². The van der Waals surface area contributed by atoms with Crippen molar-refractivity contribution in [2.24, 2.45) is 7.05 Å². The lowest BCUT2D eigenvalue weighted by Gasteiger charge is -2.20. The highest BCUT2D eigenvalue weighted by atomic mass is 16.3. The summed E-state index contributed by atoms with van der Waals surface area (Å²) in [7, 11) is 1.82. The van der Waals surface area contributed by atoms with Gasteiger partial charge in [-0.2, -0.15) is 5.10 Å². The van der Waals surface area contributed by atoms with Gasteiger partial charge >= 0.3 is 0 Å². The van der Waals surface area contributed by atoms with Crippen molar-refractivity contribution in [1.82, 2.24) is 20.1 Å². The summed E-state index contributed by atoms with van der Waals surface area (Å²) in [5, 5.41) is 18.4. The largest absolute Gasteiger partial charge is 0.391 e. The number of fused-ring (bicyclic) bond motifs is 1. The second-order valence-corrected chi connectivity index (χ2v) is 6.32. The third-order valence-electron chi connectivity index (χ3n) is 4.35. The number of aliphatic hydroxyl groups is 1. The van der Waals surface area contributed by atoms with Crippen LogP contribution in [0.2, 0.25) is 0 Å². The second-order valence-electron chi connectivity index (χ2n) is 6.32. The summed E-state index contributed by atoms with van der Waals surface area (Å²) < 4.78 is 1.69. The minimum Gasteiger partial charge on any atom is -0.391 e. The van der Waals surface area contributed by atoms with E-state index >= 15 is 0 Å². The molecule has 0 radical (unpaired) electrons. The number of carbonyl (C=O) groups is 1. The van der Waals surface area contributed by atoms with Crippen molar-refractivity contribution in [2.45, 2.75) is 32.4 Å². The van der Waals surface area contributed by atoms with Crippen LogP contribution in [0.15, 0.2) is 42.6 Å². The molecule has 6 heteroatoms. The second kappa shape index (κ2) is 7.03. The Balaban J connectivity index is 1.69. The van der Waals surface area contributed by atoms with Crippen LogP contribution in [-0.4, -0.2) is 37.9 Å². The third-order valence-corrected chi connectivity index (χ3v) is 4.35. The van der Waals surface area contributed by atoms with Gasteiger partial charge in [-0.25, -0.2) is 4.98 Å². The molecule has 3 rings (SSSR count). The molecule has 0 aliphatic heterocycles. The highest BCUT2D eigenvalue weighted by Gasteiger charge is 2.19. The van der Waals surface area contributed by atoms with Crippen LogP contribution in [0, 0.1) is 6.92 Å². The van der Waals surface area contributed by atoms with Crippen LogP contribution < -0.4 is 5.32 Å². The number of aromatic nitrogens is 3. The van der Waals surface area contributed by atoms with Gasteiger partial charge in [-0.1, -0.05) is 30.3 Å². The standard InChI is InChI=1S/C19H22N4O2/c1-12-16-10-15(11-20-18(16)23(3)22-12)19(25)21-13(2)17(24)9-14-7-5-4-6-8-14/h4-8,10-11,13,17,24H,9H2,1-3H3,(H,21,25). The number of nitrogens with one attached hydrogen (secondary N) is 1. The summed E-state index contributed by atoms with van der Waals surface area (Å²) in [4.78, 5) is 16.8. The number of aliphatic hydroxyl groups excluding tert-OH is 1. The molecule has 2 unspecified atom stereocenters. The van der Waals surface area contributed by atoms with E-state index in [1.165, 1.54) is 6.20 Å². The molecule has 6 nitrogen and oxygen atoms in total. The molecule has 130 valence electrons. The number of aryl methyl sites for hydroxylation is 2. The van der Waals surface area contributed by atoms with Crippen LogP contribution >= 0.6 is 0 Å². The minimum atomic E-state index is -0.664. The molecule has 0 aliphatic carbocycles. The fourth-order valence-corrected chi connectivity index (χ4v) is 2.85. The van der Waals surface area contributed by atoms with Crippen LogP contribution in [-0.2, 0) is 13.5 Å². The van der Waals surface area contributed by atoms with Crippen molar-refractivity contribution in [3.8, 4) is 0 Å². The van der Waals surface area contributed by atoms with Crippen molar-refractivity contribution >= 4 is 16.9 Å². The SMILES string of the molecule is Cc1nn(C)c2ncc(C(=O)NC(C)C(O)Cc3ccccc3)cc12. The van der Waals surface area contributed by atoms with Gasteiger partial charge in [0.1, 0.15) is 0 Å². The molecule has 0 saturated heterocycles. The van der Waals surface area contributed by atoms with Crippen LogP contribution in [0.4, 0.5) is 0 Å². The van der Waals surface area contributed by atoms with Gasteiger partial charge in [0.2, 0.25) is 0 Å². The number of nitrogens with zero attached hydrogens (tertiary/aromatic N) is 3. The van der Waals surface area contributed by atoms with E-state index in [-0.39, 0.29) is 11.9 Å². The third kappa shape index (κ3) is 3.69. The maximum atomic E-state index is 12.5. The predicted molar refractivity (Wildman–Crippen MR) is 96.3 cm³/mol. The Kier molecular flexibility index (Phi) is 4.81. The van der Waals surface area contributed by atoms with Crippen molar-refractivity contribution in [3.05, 3.63) is 59.4 Å². The Hall–Kier alpha value is -2.73. The zero-order chi connectivity index (χ0) is 18.0. The quantitative estimate of drug-likeness (QED) is 0.746. The maximum absolute atomic E-state index is 12.5. The summed E-state index contributed by atoms with van der Waals surface area (Å²) in [5.74, 6) is -0.253. The first-order chi connectivity index (χ1) is 12.0. The summed E-state index contributed by atoms with van der Waals surface area (Å²) in [6, 6.07) is 11.1. The van der Waals surface area contributed by atoms with E-state index < -0.39 is 6.10 Å². The normalized spacial score (nSPS) is 13.6. The van der Waals surface area contributed by atoms with Gasteiger partial charge in [0.25, 0.3) is 5.91 Å². The van der Waals surface area contributed by atoms with Gasteiger partial charge in [0.15, 0.2) is 5.65 Å². The van der Waals surface area contributed by atoms with Crippen LogP contribution in [0.5, 0.6) is 0 Å². The Morgan fingerprint density at radius 3 is 2.76 bits per heavy atom. The lowest BCUT2D eigenvalue weighted by atomic mass is 10.0. The Labute approximate surface area is 146 Å². The number of amides is 1. The molecule has 1 aromatic carbocycles. The fourth-order valence-electron chi connectivity index (χ4n) is 2.85. The zero-order valence-corrected chi connectivity index (χ0v) is 14.6. The van der Waals surface area contributed by atoms with Gasteiger partial charge in [0, 0.05) is 25.1 Å². The fraction of sp³-hybridized carbons (Fsp3) is 0.316. The molecule has 0 bridgehead atoms. The first-order valence-corrected chi connectivity index (χ1v) is 8.28. The Morgan fingerprint density at radius 1 is 1.32 bits per heavy atom. The molecule has 2 atom stereocenters. The molecule has 0 spiro atoms. The highest BCUT2D eigenvalue weighted by Crippen LogP contribution is 2.16.